The number of para-hydroxylation sites is 2. The first-order chi connectivity index (χ1) is 15.7. The van der Waals surface area contributed by atoms with E-state index >= 15 is 0 Å². The fraction of sp³-hybridized carbons (Fsp3) is 0.444. The van der Waals surface area contributed by atoms with Crippen LogP contribution in [-0.2, 0) is 12.1 Å². The molecule has 0 radical (unpaired) electrons. The van der Waals surface area contributed by atoms with Gasteiger partial charge in [0.1, 0.15) is 0 Å². The zero-order valence-corrected chi connectivity index (χ0v) is 21.3. The molecule has 0 bridgehead atoms. The highest BCUT2D eigenvalue weighted by atomic mass is 35.5. The second-order valence-electron chi connectivity index (χ2n) is 9.25. The molecule has 5 nitrogen and oxygen atoms in total. The summed E-state index contributed by atoms with van der Waals surface area (Å²) in [5.74, 6) is 0. The largest absolute Gasteiger partial charge is 0.329 e. The van der Waals surface area contributed by atoms with Gasteiger partial charge in [-0.05, 0) is 56.2 Å². The summed E-state index contributed by atoms with van der Waals surface area (Å²) < 4.78 is 3.90. The molecule has 0 atom stereocenters. The fourth-order valence-corrected chi connectivity index (χ4v) is 6.02. The van der Waals surface area contributed by atoms with Crippen LogP contribution < -0.4 is 11.4 Å². The average Bonchev–Trinajstić information content (AvgIpc) is 2.99. The number of imidazole rings is 1. The Morgan fingerprint density at radius 2 is 1.44 bits per heavy atom. The molecule has 0 spiro atoms. The van der Waals surface area contributed by atoms with Crippen LogP contribution in [0.2, 0.25) is 0 Å². The van der Waals surface area contributed by atoms with Crippen LogP contribution in [0.5, 0.6) is 0 Å². The molecule has 34 heavy (non-hydrogen) atoms. The minimum absolute atomic E-state index is 0. The minimum atomic E-state index is 0. The Morgan fingerprint density at radius 3 is 2.06 bits per heavy atom. The van der Waals surface area contributed by atoms with E-state index in [1.54, 1.807) is 0 Å². The van der Waals surface area contributed by atoms with Crippen LogP contribution in [0.3, 0.4) is 0 Å². The van der Waals surface area contributed by atoms with Crippen LogP contribution in [0.4, 0.5) is 0 Å². The van der Waals surface area contributed by atoms with Gasteiger partial charge < -0.3 is 5.73 Å². The van der Waals surface area contributed by atoms with E-state index in [2.05, 4.69) is 53.5 Å². The molecule has 2 heterocycles. The maximum Gasteiger partial charge on any atom is 0.329 e. The van der Waals surface area contributed by atoms with Gasteiger partial charge >= 0.3 is 5.69 Å². The molecule has 7 heteroatoms. The van der Waals surface area contributed by atoms with Crippen LogP contribution in [0, 0.1) is 0 Å². The number of fused-ring (bicyclic) bond motifs is 1. The number of benzene rings is 2. The van der Waals surface area contributed by atoms with Crippen molar-refractivity contribution in [2.75, 3.05) is 19.6 Å². The Balaban J connectivity index is 0.00000162. The number of hydrogen-bond acceptors (Lipinski definition) is 3. The predicted molar refractivity (Wildman–Crippen MR) is 145 cm³/mol. The summed E-state index contributed by atoms with van der Waals surface area (Å²) in [6.45, 7) is 3.07. The zero-order valence-electron chi connectivity index (χ0n) is 19.6. The quantitative estimate of drug-likeness (QED) is 0.483. The third-order valence-electron chi connectivity index (χ3n) is 7.58. The van der Waals surface area contributed by atoms with Crippen molar-refractivity contribution < 1.29 is 0 Å². The molecule has 1 aliphatic carbocycles. The molecular weight excluding hydrogens is 467 g/mol. The maximum absolute atomic E-state index is 13.3. The highest BCUT2D eigenvalue weighted by molar-refractivity contribution is 5.85. The Morgan fingerprint density at radius 1 is 0.853 bits per heavy atom. The molecule has 1 aliphatic heterocycles. The molecule has 1 saturated heterocycles. The van der Waals surface area contributed by atoms with Gasteiger partial charge in [0.15, 0.2) is 0 Å². The van der Waals surface area contributed by atoms with Crippen molar-refractivity contribution in [1.82, 2.24) is 14.0 Å². The lowest BCUT2D eigenvalue weighted by Gasteiger charge is -2.47. The van der Waals surface area contributed by atoms with Crippen molar-refractivity contribution in [2.24, 2.45) is 5.73 Å². The predicted octanol–water partition coefficient (Wildman–Crippen LogP) is 5.27. The summed E-state index contributed by atoms with van der Waals surface area (Å²) in [5.41, 5.74) is 9.48. The highest BCUT2D eigenvalue weighted by Crippen LogP contribution is 2.42. The van der Waals surface area contributed by atoms with E-state index in [4.69, 9.17) is 5.73 Å². The van der Waals surface area contributed by atoms with Gasteiger partial charge in [-0.25, -0.2) is 4.79 Å². The van der Waals surface area contributed by atoms with E-state index in [0.717, 1.165) is 62.6 Å². The SMILES string of the molecule is Cl.Cl.NCCn1c(=O)n(C2CCN(C3(c4ccccc4)CCC=CCC3)CC2)c2ccccc21. The molecule has 3 aromatic rings. The van der Waals surface area contributed by atoms with Gasteiger partial charge in [-0.15, -0.1) is 24.8 Å². The number of aromatic nitrogens is 2. The number of rotatable bonds is 5. The number of nitrogens with zero attached hydrogens (tertiary/aromatic N) is 3. The minimum Gasteiger partial charge on any atom is -0.329 e. The Hall–Kier alpha value is -2.05. The topological polar surface area (TPSA) is 56.2 Å². The van der Waals surface area contributed by atoms with Gasteiger partial charge in [-0.3, -0.25) is 14.0 Å². The molecule has 0 amide bonds. The molecule has 5 rings (SSSR count). The Labute approximate surface area is 214 Å². The van der Waals surface area contributed by atoms with Gasteiger partial charge in [-0.2, -0.15) is 0 Å². The monoisotopic (exact) mass is 502 g/mol. The first-order valence-electron chi connectivity index (χ1n) is 12.1. The van der Waals surface area contributed by atoms with E-state index in [9.17, 15) is 4.79 Å². The highest BCUT2D eigenvalue weighted by Gasteiger charge is 2.40. The van der Waals surface area contributed by atoms with Crippen molar-refractivity contribution in [3.63, 3.8) is 0 Å². The van der Waals surface area contributed by atoms with Crippen LogP contribution in [0.25, 0.3) is 11.0 Å². The summed E-state index contributed by atoms with van der Waals surface area (Å²) in [6.07, 6.45) is 11.3. The van der Waals surface area contributed by atoms with E-state index in [0.29, 0.717) is 13.1 Å². The number of nitrogens with two attached hydrogens (primary N) is 1. The van der Waals surface area contributed by atoms with Crippen LogP contribution >= 0.6 is 24.8 Å². The number of likely N-dealkylation sites (tertiary alicyclic amines) is 1. The van der Waals surface area contributed by atoms with E-state index in [-0.39, 0.29) is 42.1 Å². The number of hydrogen-bond donors (Lipinski definition) is 1. The smallest absolute Gasteiger partial charge is 0.329 e. The lowest BCUT2D eigenvalue weighted by atomic mass is 9.79. The van der Waals surface area contributed by atoms with Crippen LogP contribution in [0.1, 0.15) is 50.1 Å². The van der Waals surface area contributed by atoms with Gasteiger partial charge in [0.05, 0.1) is 11.0 Å². The van der Waals surface area contributed by atoms with Crippen LogP contribution in [0.15, 0.2) is 71.5 Å². The summed E-state index contributed by atoms with van der Waals surface area (Å²) in [4.78, 5) is 16.1. The third kappa shape index (κ3) is 4.72. The molecule has 1 aromatic heterocycles. The van der Waals surface area contributed by atoms with E-state index < -0.39 is 0 Å². The summed E-state index contributed by atoms with van der Waals surface area (Å²) >= 11 is 0. The average molecular weight is 504 g/mol. The van der Waals surface area contributed by atoms with Crippen molar-refractivity contribution in [3.05, 3.63) is 82.8 Å². The molecule has 2 aliphatic rings. The van der Waals surface area contributed by atoms with Gasteiger partial charge in [0.2, 0.25) is 0 Å². The van der Waals surface area contributed by atoms with Crippen molar-refractivity contribution >= 4 is 35.8 Å². The Bertz CT molecular complexity index is 1140. The second kappa shape index (κ2) is 11.6. The van der Waals surface area contributed by atoms with Gasteiger partial charge in [0.25, 0.3) is 0 Å². The van der Waals surface area contributed by atoms with E-state index in [1.165, 1.54) is 5.56 Å². The molecule has 0 unspecified atom stereocenters. The van der Waals surface area contributed by atoms with Gasteiger partial charge in [-0.1, -0.05) is 54.6 Å². The van der Waals surface area contributed by atoms with Gasteiger partial charge in [0, 0.05) is 37.8 Å². The number of allylic oxidation sites excluding steroid dienone is 2. The fourth-order valence-electron chi connectivity index (χ4n) is 6.02. The molecule has 1 fully saturated rings. The second-order valence-corrected chi connectivity index (χ2v) is 9.25. The number of halogens is 2. The first kappa shape index (κ1) is 26.6. The lowest BCUT2D eigenvalue weighted by Crippen LogP contribution is -2.50. The maximum atomic E-state index is 13.3. The van der Waals surface area contributed by atoms with Crippen LogP contribution in [-0.4, -0.2) is 33.7 Å². The lowest BCUT2D eigenvalue weighted by molar-refractivity contribution is 0.0366. The molecule has 0 saturated carbocycles. The van der Waals surface area contributed by atoms with E-state index in [1.807, 2.05) is 27.3 Å². The molecule has 184 valence electrons. The molecule has 2 aromatic carbocycles. The Kier molecular flexibility index (Phi) is 9.05. The van der Waals surface area contributed by atoms with Crippen molar-refractivity contribution in [1.29, 1.82) is 0 Å². The normalized spacial score (nSPS) is 18.7. The molecule has 2 N–H and O–H groups in total. The van der Waals surface area contributed by atoms with Crippen molar-refractivity contribution in [3.8, 4) is 0 Å². The molecular formula is C27H36Cl2N4O. The number of piperidine rings is 1. The summed E-state index contributed by atoms with van der Waals surface area (Å²) in [6, 6.07) is 19.5. The summed E-state index contributed by atoms with van der Waals surface area (Å²) in [5, 5.41) is 0. The first-order valence-corrected chi connectivity index (χ1v) is 12.1. The zero-order chi connectivity index (χ0) is 22.0. The van der Waals surface area contributed by atoms with Crippen molar-refractivity contribution in [2.45, 2.75) is 56.7 Å². The third-order valence-corrected chi connectivity index (χ3v) is 7.58. The summed E-state index contributed by atoms with van der Waals surface area (Å²) in [7, 11) is 0. The standard InChI is InChI=1S/C27H34N4O.2ClH/c28-18-21-30-24-12-6-7-13-25(24)31(26(30)32)23-14-19-29(20-15-23)27(16-8-1-2-9-17-27)22-10-4-3-5-11-22;;/h1-7,10-13,23H,8-9,14-21,28H2;2*1H.